The standard InChI is InChI=1S/C51H65N9O6/c61-45(18-14-38-10-8-24-52-35-38)53-25-5-4-9-37-20-27-59(28-21-37)49(64)40-15-17-44(54-36-40)58-29-22-41(23-30-58)57-33-31-56(32-34-57)26-6-2-1-3-11-39-12-7-13-42-47(39)51(66)60(50(42)65)43-16-19-46(62)55-48(43)63/h7-8,10,12-15,17-18,24,35-37,41,43H,1-6,9,11,16,19-23,25-34H2,(H,53,61)(H,55,62,63)/b18-14+. The maximum Gasteiger partial charge on any atom is 0.262 e. The van der Waals surface area contributed by atoms with Crippen LogP contribution < -0.4 is 15.5 Å². The van der Waals surface area contributed by atoms with Crippen molar-refractivity contribution in [1.82, 2.24) is 40.2 Å². The Morgan fingerprint density at radius 1 is 0.773 bits per heavy atom. The third-order valence-electron chi connectivity index (χ3n) is 14.3. The molecule has 0 spiro atoms. The lowest BCUT2D eigenvalue weighted by molar-refractivity contribution is -0.136. The molecule has 0 saturated carbocycles. The van der Waals surface area contributed by atoms with Crippen LogP contribution in [0.25, 0.3) is 6.08 Å². The zero-order chi connectivity index (χ0) is 45.8. The van der Waals surface area contributed by atoms with Crippen molar-refractivity contribution in [1.29, 1.82) is 0 Å². The van der Waals surface area contributed by atoms with Gasteiger partial charge >= 0.3 is 0 Å². The van der Waals surface area contributed by atoms with Gasteiger partial charge in [-0.05, 0) is 112 Å². The van der Waals surface area contributed by atoms with E-state index in [1.807, 2.05) is 41.3 Å². The number of fused-ring (bicyclic) bond motifs is 1. The van der Waals surface area contributed by atoms with E-state index in [0.717, 1.165) is 151 Å². The highest BCUT2D eigenvalue weighted by atomic mass is 16.2. The molecule has 15 heteroatoms. The Bertz CT molecular complexity index is 2210. The van der Waals surface area contributed by atoms with Crippen molar-refractivity contribution in [3.05, 3.63) is 94.9 Å². The third-order valence-corrected chi connectivity index (χ3v) is 14.3. The molecule has 5 aliphatic heterocycles. The van der Waals surface area contributed by atoms with Crippen LogP contribution in [0.1, 0.15) is 126 Å². The SMILES string of the molecule is O=C(/C=C/c1cccnc1)NCCCCC1CCN(C(=O)c2ccc(N3CCC(N4CCN(CCCCCCc5cccc6c5C(=O)N(C5CCC(=O)NC5=O)C6=O)CC4)CC3)nc2)CC1. The molecule has 4 saturated heterocycles. The first-order valence-electron chi connectivity index (χ1n) is 24.4. The number of benzene rings is 1. The van der Waals surface area contributed by atoms with E-state index >= 15 is 0 Å². The van der Waals surface area contributed by atoms with Gasteiger partial charge in [-0.15, -0.1) is 0 Å². The van der Waals surface area contributed by atoms with E-state index in [0.29, 0.717) is 41.6 Å². The van der Waals surface area contributed by atoms with E-state index in [1.165, 1.54) is 0 Å². The normalized spacial score (nSPS) is 20.3. The van der Waals surface area contributed by atoms with Crippen LogP contribution >= 0.6 is 0 Å². The molecular weight excluding hydrogens is 835 g/mol. The summed E-state index contributed by atoms with van der Waals surface area (Å²) in [4.78, 5) is 95.6. The van der Waals surface area contributed by atoms with Crippen LogP contribution in [0.5, 0.6) is 0 Å². The molecule has 1 aromatic carbocycles. The lowest BCUT2D eigenvalue weighted by Gasteiger charge is -2.43. The highest BCUT2D eigenvalue weighted by Gasteiger charge is 2.45. The van der Waals surface area contributed by atoms with E-state index < -0.39 is 23.8 Å². The summed E-state index contributed by atoms with van der Waals surface area (Å²) < 4.78 is 0. The van der Waals surface area contributed by atoms with Gasteiger partial charge in [0.05, 0.1) is 16.7 Å². The average Bonchev–Trinajstić information content (AvgIpc) is 3.61. The van der Waals surface area contributed by atoms with Crippen molar-refractivity contribution in [3.8, 4) is 0 Å². The molecule has 1 unspecified atom stereocenters. The largest absolute Gasteiger partial charge is 0.357 e. The van der Waals surface area contributed by atoms with E-state index in [4.69, 9.17) is 4.98 Å². The quantitative estimate of drug-likeness (QED) is 0.0989. The minimum atomic E-state index is -0.948. The summed E-state index contributed by atoms with van der Waals surface area (Å²) in [5.74, 6) is -0.312. The Morgan fingerprint density at radius 3 is 2.32 bits per heavy atom. The first-order chi connectivity index (χ1) is 32.2. The number of aryl methyl sites for hydroxylation is 1. The summed E-state index contributed by atoms with van der Waals surface area (Å²) in [6.45, 7) is 9.55. The topological polar surface area (TPSA) is 168 Å². The molecule has 0 radical (unpaired) electrons. The summed E-state index contributed by atoms with van der Waals surface area (Å²) in [6, 6.07) is 12.7. The van der Waals surface area contributed by atoms with Crippen LogP contribution in [0.15, 0.2) is 67.1 Å². The van der Waals surface area contributed by atoms with Gasteiger partial charge in [-0.25, -0.2) is 4.98 Å². The number of piperidine rings is 3. The van der Waals surface area contributed by atoms with Crippen molar-refractivity contribution in [2.45, 2.75) is 102 Å². The Hall–Kier alpha value is -5.80. The molecule has 1 atom stereocenters. The molecule has 3 aromatic rings. The van der Waals surface area contributed by atoms with Crippen molar-refractivity contribution in [2.75, 3.05) is 70.3 Å². The first-order valence-corrected chi connectivity index (χ1v) is 24.4. The lowest BCUT2D eigenvalue weighted by atomic mass is 9.91. The fraction of sp³-hybridized carbons (Fsp3) is 0.529. The third kappa shape index (κ3) is 11.8. The molecule has 66 heavy (non-hydrogen) atoms. The van der Waals surface area contributed by atoms with Gasteiger partial charge in [0.25, 0.3) is 17.7 Å². The number of aromatic nitrogens is 2. The number of hydrogen-bond donors (Lipinski definition) is 2. The zero-order valence-electron chi connectivity index (χ0n) is 38.2. The van der Waals surface area contributed by atoms with Crippen LogP contribution in [0.3, 0.4) is 0 Å². The highest BCUT2D eigenvalue weighted by molar-refractivity contribution is 6.24. The predicted molar refractivity (Wildman–Crippen MR) is 252 cm³/mol. The molecule has 8 rings (SSSR count). The van der Waals surface area contributed by atoms with Gasteiger partial charge in [-0.3, -0.25) is 48.9 Å². The van der Waals surface area contributed by atoms with E-state index in [1.54, 1.807) is 36.8 Å². The van der Waals surface area contributed by atoms with Crippen molar-refractivity contribution < 1.29 is 28.8 Å². The van der Waals surface area contributed by atoms with E-state index in [9.17, 15) is 28.8 Å². The number of nitrogens with zero attached hydrogens (tertiary/aromatic N) is 7. The number of piperazine rings is 1. The number of nitrogens with one attached hydrogen (secondary N) is 2. The molecule has 350 valence electrons. The Balaban J connectivity index is 0.666. The van der Waals surface area contributed by atoms with Gasteiger partial charge in [0, 0.05) is 96.0 Å². The monoisotopic (exact) mass is 900 g/mol. The molecule has 5 aliphatic rings. The minimum Gasteiger partial charge on any atom is -0.357 e. The van der Waals surface area contributed by atoms with Crippen LogP contribution in [0.2, 0.25) is 0 Å². The van der Waals surface area contributed by atoms with Crippen molar-refractivity contribution in [3.63, 3.8) is 0 Å². The number of carbonyl (C=O) groups excluding carboxylic acids is 6. The predicted octanol–water partition coefficient (Wildman–Crippen LogP) is 5.12. The van der Waals surface area contributed by atoms with Gasteiger partial charge in [0.2, 0.25) is 17.7 Å². The van der Waals surface area contributed by atoms with Gasteiger partial charge in [-0.1, -0.05) is 43.9 Å². The van der Waals surface area contributed by atoms with Crippen molar-refractivity contribution >= 4 is 47.3 Å². The maximum absolute atomic E-state index is 13.4. The highest BCUT2D eigenvalue weighted by Crippen LogP contribution is 2.31. The minimum absolute atomic E-state index is 0.0689. The van der Waals surface area contributed by atoms with Crippen LogP contribution in [-0.2, 0) is 20.8 Å². The fourth-order valence-electron chi connectivity index (χ4n) is 10.4. The van der Waals surface area contributed by atoms with Crippen LogP contribution in [0.4, 0.5) is 5.82 Å². The van der Waals surface area contributed by atoms with E-state index in [2.05, 4.69) is 30.3 Å². The summed E-state index contributed by atoms with van der Waals surface area (Å²) in [7, 11) is 0. The Morgan fingerprint density at radius 2 is 1.58 bits per heavy atom. The van der Waals surface area contributed by atoms with Crippen LogP contribution in [-0.4, -0.2) is 143 Å². The van der Waals surface area contributed by atoms with Gasteiger partial charge in [-0.2, -0.15) is 0 Å². The molecule has 4 fully saturated rings. The number of amides is 6. The molecule has 7 heterocycles. The van der Waals surface area contributed by atoms with Gasteiger partial charge < -0.3 is 20.0 Å². The Kier molecular flexibility index (Phi) is 16.0. The number of pyridine rings is 2. The number of hydrogen-bond acceptors (Lipinski definition) is 11. The molecule has 6 amide bonds. The number of unbranched alkanes of at least 4 members (excludes halogenated alkanes) is 4. The molecule has 2 aromatic heterocycles. The molecule has 0 bridgehead atoms. The van der Waals surface area contributed by atoms with Crippen LogP contribution in [0, 0.1) is 5.92 Å². The summed E-state index contributed by atoms with van der Waals surface area (Å²) in [6.07, 6.45) is 21.0. The molecular formula is C51H65N9O6. The maximum atomic E-state index is 13.4. The number of carbonyl (C=O) groups is 6. The fourth-order valence-corrected chi connectivity index (χ4v) is 10.4. The lowest BCUT2D eigenvalue weighted by Crippen LogP contribution is -2.54. The summed E-state index contributed by atoms with van der Waals surface area (Å²) >= 11 is 0. The summed E-state index contributed by atoms with van der Waals surface area (Å²) in [5, 5.41) is 5.23. The molecule has 15 nitrogen and oxygen atoms in total. The zero-order valence-corrected chi connectivity index (χ0v) is 38.2. The number of likely N-dealkylation sites (tertiary alicyclic amines) is 1. The van der Waals surface area contributed by atoms with Gasteiger partial charge in [0.1, 0.15) is 11.9 Å². The average molecular weight is 900 g/mol. The number of rotatable bonds is 18. The summed E-state index contributed by atoms with van der Waals surface area (Å²) in [5.41, 5.74) is 3.17. The van der Waals surface area contributed by atoms with Crippen molar-refractivity contribution in [2.24, 2.45) is 5.92 Å². The second-order valence-electron chi connectivity index (χ2n) is 18.6. The number of imide groups is 2. The smallest absolute Gasteiger partial charge is 0.262 e. The Labute approximate surface area is 388 Å². The molecule has 2 N–H and O–H groups in total. The second-order valence-corrected chi connectivity index (χ2v) is 18.6. The second kappa shape index (κ2) is 22.6. The van der Waals surface area contributed by atoms with Gasteiger partial charge in [0.15, 0.2) is 0 Å². The number of anilines is 1. The molecule has 0 aliphatic carbocycles. The van der Waals surface area contributed by atoms with E-state index in [-0.39, 0.29) is 30.6 Å². The first kappa shape index (κ1) is 46.7.